The third kappa shape index (κ3) is 12.0. The van der Waals surface area contributed by atoms with Crippen molar-refractivity contribution in [1.29, 1.82) is 0 Å². The zero-order chi connectivity index (χ0) is 50.9. The first kappa shape index (κ1) is 51.9. The van der Waals surface area contributed by atoms with Crippen molar-refractivity contribution in [3.8, 4) is 22.4 Å². The summed E-state index contributed by atoms with van der Waals surface area (Å²) in [5, 5.41) is 7.20. The normalized spacial score (nSPS) is 18.9. The number of nitrogens with one attached hydrogen (secondary N) is 1. The molecule has 0 unspecified atom stereocenters. The minimum Gasteiger partial charge on any atom is -0.456 e. The molecule has 17 nitrogen and oxygen atoms in total. The van der Waals surface area contributed by atoms with Gasteiger partial charge in [-0.1, -0.05) is 17.7 Å². The van der Waals surface area contributed by atoms with Crippen LogP contribution in [0.25, 0.3) is 22.4 Å². The molecule has 3 fully saturated rings. The van der Waals surface area contributed by atoms with Crippen LogP contribution in [0, 0.1) is 30.4 Å². The number of piperazine rings is 1. The number of aryl methyl sites for hydroxylation is 1. The molecule has 4 aromatic rings. The maximum atomic E-state index is 15.7. The molecule has 3 aliphatic rings. The quantitative estimate of drug-likeness (QED) is 0.111. The first-order valence-corrected chi connectivity index (χ1v) is 24.1. The Kier molecular flexibility index (Phi) is 15.4. The summed E-state index contributed by atoms with van der Waals surface area (Å²) in [7, 11) is 3.08. The second-order valence-electron chi connectivity index (χ2n) is 20.7. The number of piperidine rings is 1. The summed E-state index contributed by atoms with van der Waals surface area (Å²) in [5.41, 5.74) is 0.397. The van der Waals surface area contributed by atoms with Gasteiger partial charge in [0.25, 0.3) is 11.8 Å². The van der Waals surface area contributed by atoms with E-state index in [2.05, 4.69) is 15.4 Å². The number of benzene rings is 2. The molecule has 2 aromatic heterocycles. The summed E-state index contributed by atoms with van der Waals surface area (Å²) in [6, 6.07) is 7.42. The Balaban J connectivity index is 0.919. The van der Waals surface area contributed by atoms with Gasteiger partial charge in [-0.15, -0.1) is 0 Å². The Bertz CT molecular complexity index is 2620. The zero-order valence-electron chi connectivity index (χ0n) is 41.6. The number of aromatic nitrogens is 4. The van der Waals surface area contributed by atoms with Crippen LogP contribution < -0.4 is 5.32 Å². The highest BCUT2D eigenvalue weighted by Crippen LogP contribution is 2.34. The number of halogens is 3. The molecule has 0 saturated carbocycles. The smallest absolute Gasteiger partial charge is 0.410 e. The summed E-state index contributed by atoms with van der Waals surface area (Å²) in [6.45, 7) is 18.1. The molecule has 20 heteroatoms. The van der Waals surface area contributed by atoms with Crippen molar-refractivity contribution in [3.63, 3.8) is 0 Å². The fourth-order valence-electron chi connectivity index (χ4n) is 9.54. The molecule has 1 N–H and O–H groups in total. The number of hydrogen-bond acceptors (Lipinski definition) is 10. The number of anilines is 1. The lowest BCUT2D eigenvalue weighted by Crippen LogP contribution is -2.64. The molecule has 70 heavy (non-hydrogen) atoms. The van der Waals surface area contributed by atoms with Crippen molar-refractivity contribution in [2.75, 3.05) is 84.5 Å². The monoisotopic (exact) mass is 992 g/mol. The van der Waals surface area contributed by atoms with Crippen LogP contribution in [0.15, 0.2) is 42.7 Å². The average molecular weight is 994 g/mol. The second-order valence-corrected chi connectivity index (χ2v) is 21.1. The topological polar surface area (TPSA) is 170 Å². The molecule has 3 aliphatic heterocycles. The van der Waals surface area contributed by atoms with Crippen molar-refractivity contribution < 1.29 is 51.4 Å². The Morgan fingerprint density at radius 2 is 1.49 bits per heavy atom. The number of likely N-dealkylation sites (tertiary alicyclic amines) is 2. The molecule has 0 atom stereocenters. The Hall–Kier alpha value is -5.92. The van der Waals surface area contributed by atoms with Gasteiger partial charge in [-0.2, -0.15) is 5.10 Å². The predicted octanol–water partition coefficient (Wildman–Crippen LogP) is 6.81. The third-order valence-electron chi connectivity index (χ3n) is 13.0. The lowest BCUT2D eigenvalue weighted by atomic mass is 9.90. The molecule has 0 aliphatic carbocycles. The molecule has 7 rings (SSSR count). The molecule has 4 amide bonds. The zero-order valence-corrected chi connectivity index (χ0v) is 42.3. The molecule has 5 heterocycles. The van der Waals surface area contributed by atoms with Gasteiger partial charge in [0.1, 0.15) is 11.2 Å². The van der Waals surface area contributed by atoms with E-state index in [-0.39, 0.29) is 81.2 Å². The van der Waals surface area contributed by atoms with Gasteiger partial charge in [0.2, 0.25) is 5.91 Å². The van der Waals surface area contributed by atoms with Crippen LogP contribution in [0.3, 0.4) is 0 Å². The number of quaternary nitrogens is 1. The fraction of sp³-hybridized carbons (Fsp3) is 0.540. The van der Waals surface area contributed by atoms with Gasteiger partial charge in [0.15, 0.2) is 24.0 Å². The minimum atomic E-state index is -1.10. The summed E-state index contributed by atoms with van der Waals surface area (Å²) in [6.07, 6.45) is 3.78. The number of rotatable bonds is 13. The predicted molar refractivity (Wildman–Crippen MR) is 258 cm³/mol. The minimum absolute atomic E-state index is 0.0311. The number of hydrogen-bond donors (Lipinski definition) is 1. The SMILES string of the molecule is COCCn1cc(-c2ccc(-c3cnc(C(=O)Nc4ccc(C(=O)N5CCN(C(=O)C6CC[N+](CC(=O)OC(C)(C)C)(CC7CN(C(=O)OC(C)(C)C)C7)CC6)CC5)c(Cl)c4)n3C)c(F)c2F)c(C)n1. The van der Waals surface area contributed by atoms with Crippen LogP contribution in [-0.4, -0.2) is 159 Å². The van der Waals surface area contributed by atoms with E-state index in [1.165, 1.54) is 42.1 Å². The van der Waals surface area contributed by atoms with Gasteiger partial charge in [0.05, 0.1) is 61.0 Å². The Morgan fingerprint density at radius 3 is 2.11 bits per heavy atom. The molecule has 3 saturated heterocycles. The van der Waals surface area contributed by atoms with Crippen LogP contribution in [0.2, 0.25) is 5.02 Å². The molecule has 2 aromatic carbocycles. The highest BCUT2D eigenvalue weighted by molar-refractivity contribution is 6.34. The number of imidazole rings is 1. The van der Waals surface area contributed by atoms with Crippen molar-refractivity contribution in [3.05, 3.63) is 76.5 Å². The van der Waals surface area contributed by atoms with Crippen molar-refractivity contribution in [2.24, 2.45) is 18.9 Å². The highest BCUT2D eigenvalue weighted by Gasteiger charge is 2.45. The summed E-state index contributed by atoms with van der Waals surface area (Å²) in [5.74, 6) is -3.49. The molecule has 0 radical (unpaired) electrons. The van der Waals surface area contributed by atoms with Crippen molar-refractivity contribution in [2.45, 2.75) is 79.1 Å². The Morgan fingerprint density at radius 1 is 0.857 bits per heavy atom. The van der Waals surface area contributed by atoms with E-state index in [4.69, 9.17) is 25.8 Å². The largest absolute Gasteiger partial charge is 0.456 e. The summed E-state index contributed by atoms with van der Waals surface area (Å²) >= 11 is 6.64. The van der Waals surface area contributed by atoms with Crippen LogP contribution in [0.5, 0.6) is 0 Å². The fourth-order valence-corrected chi connectivity index (χ4v) is 9.80. The maximum absolute atomic E-state index is 15.7. The van der Waals surface area contributed by atoms with Crippen molar-refractivity contribution >= 4 is 47.1 Å². The number of esters is 1. The van der Waals surface area contributed by atoms with Crippen LogP contribution in [0.1, 0.15) is 81.1 Å². The van der Waals surface area contributed by atoms with E-state index in [0.29, 0.717) is 101 Å². The van der Waals surface area contributed by atoms with E-state index >= 15 is 8.78 Å². The first-order valence-electron chi connectivity index (χ1n) is 23.7. The summed E-state index contributed by atoms with van der Waals surface area (Å²) < 4.78 is 51.1. The Labute approximate surface area is 412 Å². The first-order chi connectivity index (χ1) is 32.9. The van der Waals surface area contributed by atoms with Crippen LogP contribution in [0.4, 0.5) is 19.3 Å². The molecule has 0 bridgehead atoms. The van der Waals surface area contributed by atoms with Gasteiger partial charge < -0.3 is 43.3 Å². The standard InChI is InChI=1S/C50H64ClF2N9O8/c1-31-38(28-61(56-31)20-23-68-9)35-12-13-37(43(53)42(35)52)40-25-54-44(57(40)8)45(64)55-34-10-11-36(39(51)24-34)47(66)59-18-16-58(17-19-59)46(65)33-14-21-62(22-15-33,30-41(63)69-49(2,3)4)29-32-26-60(27-32)48(67)70-50(5,6)7/h10-13,24-25,28,32-33H,14-23,26-27,29-30H2,1-9H3/p+1. The van der Waals surface area contributed by atoms with E-state index in [1.807, 2.05) is 41.5 Å². The van der Waals surface area contributed by atoms with Gasteiger partial charge in [-0.25, -0.2) is 23.4 Å². The summed E-state index contributed by atoms with van der Waals surface area (Å²) in [4.78, 5) is 76.2. The number of nitrogens with zero attached hydrogens (tertiary/aromatic N) is 8. The molecule has 0 spiro atoms. The van der Waals surface area contributed by atoms with Crippen LogP contribution >= 0.6 is 11.6 Å². The number of carbonyl (C=O) groups is 5. The molecule has 378 valence electrons. The van der Waals surface area contributed by atoms with E-state index in [9.17, 15) is 24.0 Å². The van der Waals surface area contributed by atoms with Gasteiger partial charge in [0, 0.05) is 107 Å². The van der Waals surface area contributed by atoms with Gasteiger partial charge in [-0.3, -0.25) is 19.1 Å². The highest BCUT2D eigenvalue weighted by atomic mass is 35.5. The number of carbonyl (C=O) groups excluding carboxylic acids is 5. The third-order valence-corrected chi connectivity index (χ3v) is 13.4. The molecular weight excluding hydrogens is 928 g/mol. The van der Waals surface area contributed by atoms with Crippen molar-refractivity contribution in [1.82, 2.24) is 34.0 Å². The number of amides is 4. The lowest BCUT2D eigenvalue weighted by molar-refractivity contribution is -0.930. The maximum Gasteiger partial charge on any atom is 0.410 e. The average Bonchev–Trinajstić information content (AvgIpc) is 3.84. The van der Waals surface area contributed by atoms with E-state index in [1.54, 1.807) is 45.7 Å². The van der Waals surface area contributed by atoms with E-state index < -0.39 is 28.7 Å². The second kappa shape index (κ2) is 20.8. The van der Waals surface area contributed by atoms with E-state index in [0.717, 1.165) is 0 Å². The van der Waals surface area contributed by atoms with Gasteiger partial charge >= 0.3 is 12.1 Å². The lowest BCUT2D eigenvalue weighted by Gasteiger charge is -2.49. The molecular formula is C50H65ClF2N9O8+. The number of methoxy groups -OCH3 is 1. The number of ether oxygens (including phenoxy) is 3. The van der Waals surface area contributed by atoms with Crippen LogP contribution in [-0.2, 0) is 37.4 Å². The van der Waals surface area contributed by atoms with Gasteiger partial charge in [-0.05, 0) is 72.7 Å².